The SMILES string of the molecule is COc1cccc2[nH]c(C(=O)N3CC4(CCC4)CC3C(=O)N[C@H](C#N)C[C@@H]3CCNC3=O)cc12. The molecule has 3 aliphatic rings. The van der Waals surface area contributed by atoms with E-state index in [-0.39, 0.29) is 35.5 Å². The number of nitrogens with zero attached hydrogens (tertiary/aromatic N) is 2. The Morgan fingerprint density at radius 2 is 2.21 bits per heavy atom. The Morgan fingerprint density at radius 1 is 1.38 bits per heavy atom. The monoisotopic (exact) mass is 463 g/mol. The first-order chi connectivity index (χ1) is 16.4. The maximum absolute atomic E-state index is 13.6. The van der Waals surface area contributed by atoms with Crippen LogP contribution in [0.25, 0.3) is 10.9 Å². The number of ether oxygens (including phenoxy) is 1. The maximum atomic E-state index is 13.6. The average Bonchev–Trinajstić information content (AvgIpc) is 3.54. The first kappa shape index (κ1) is 22.3. The second-order valence-corrected chi connectivity index (χ2v) is 9.81. The molecule has 3 atom stereocenters. The minimum absolute atomic E-state index is 0.0329. The average molecular weight is 464 g/mol. The van der Waals surface area contributed by atoms with Crippen LogP contribution in [0.15, 0.2) is 24.3 Å². The smallest absolute Gasteiger partial charge is 0.271 e. The van der Waals surface area contributed by atoms with Crippen molar-refractivity contribution < 1.29 is 19.1 Å². The van der Waals surface area contributed by atoms with E-state index >= 15 is 0 Å². The molecule has 5 rings (SSSR count). The van der Waals surface area contributed by atoms with Crippen molar-refractivity contribution in [1.29, 1.82) is 5.26 Å². The number of amides is 3. The molecule has 3 fully saturated rings. The number of fused-ring (bicyclic) bond motifs is 1. The van der Waals surface area contributed by atoms with Gasteiger partial charge in [0.15, 0.2) is 0 Å². The van der Waals surface area contributed by atoms with E-state index in [1.165, 1.54) is 0 Å². The van der Waals surface area contributed by atoms with Gasteiger partial charge in [0.1, 0.15) is 23.5 Å². The van der Waals surface area contributed by atoms with Gasteiger partial charge in [0.25, 0.3) is 5.91 Å². The highest BCUT2D eigenvalue weighted by Crippen LogP contribution is 2.50. The summed E-state index contributed by atoms with van der Waals surface area (Å²) in [5.74, 6) is -0.228. The van der Waals surface area contributed by atoms with Crippen LogP contribution >= 0.6 is 0 Å². The van der Waals surface area contributed by atoms with Crippen LogP contribution in [0.1, 0.15) is 49.0 Å². The molecule has 2 saturated heterocycles. The third kappa shape index (κ3) is 3.87. The van der Waals surface area contributed by atoms with Crippen LogP contribution in [0.5, 0.6) is 5.75 Å². The molecule has 0 radical (unpaired) electrons. The van der Waals surface area contributed by atoms with E-state index < -0.39 is 12.1 Å². The standard InChI is InChI=1S/C25H29N5O4/c1-34-21-5-2-4-18-17(21)11-19(29-18)24(33)30-14-25(7-3-8-25)12-20(30)23(32)28-16(13-26)10-15-6-9-27-22(15)31/h2,4-5,11,15-16,20,29H,3,6-10,12,14H2,1H3,(H,27,31)(H,28,32)/t15-,16-,20?/m0/s1. The summed E-state index contributed by atoms with van der Waals surface area (Å²) in [4.78, 5) is 43.7. The van der Waals surface area contributed by atoms with Gasteiger partial charge in [-0.2, -0.15) is 5.26 Å². The molecule has 0 bridgehead atoms. The number of rotatable bonds is 6. The van der Waals surface area contributed by atoms with Crippen molar-refractivity contribution in [3.63, 3.8) is 0 Å². The highest BCUT2D eigenvalue weighted by atomic mass is 16.5. The number of carbonyl (C=O) groups is 3. The molecule has 2 aromatic rings. The van der Waals surface area contributed by atoms with E-state index in [0.717, 1.165) is 30.2 Å². The molecule has 9 nitrogen and oxygen atoms in total. The number of methoxy groups -OCH3 is 1. The zero-order valence-electron chi connectivity index (χ0n) is 19.2. The van der Waals surface area contributed by atoms with Gasteiger partial charge in [-0.1, -0.05) is 12.5 Å². The molecular weight excluding hydrogens is 434 g/mol. The highest BCUT2D eigenvalue weighted by molar-refractivity contribution is 6.02. The fourth-order valence-corrected chi connectivity index (χ4v) is 5.68. The van der Waals surface area contributed by atoms with Gasteiger partial charge in [0, 0.05) is 29.9 Å². The summed E-state index contributed by atoms with van der Waals surface area (Å²) in [6, 6.07) is 8.06. The molecule has 1 unspecified atom stereocenters. The maximum Gasteiger partial charge on any atom is 0.271 e. The van der Waals surface area contributed by atoms with Crippen molar-refractivity contribution in [1.82, 2.24) is 20.5 Å². The second-order valence-electron chi connectivity index (χ2n) is 9.81. The molecule has 178 valence electrons. The van der Waals surface area contributed by atoms with Crippen molar-refractivity contribution in [3.05, 3.63) is 30.0 Å². The number of hydrogen-bond donors (Lipinski definition) is 3. The number of aromatic amines is 1. The predicted molar refractivity (Wildman–Crippen MR) is 124 cm³/mol. The van der Waals surface area contributed by atoms with E-state index in [2.05, 4.69) is 21.7 Å². The van der Waals surface area contributed by atoms with Gasteiger partial charge in [-0.15, -0.1) is 0 Å². The normalized spacial score (nSPS) is 23.9. The Balaban J connectivity index is 1.36. The zero-order valence-corrected chi connectivity index (χ0v) is 19.2. The van der Waals surface area contributed by atoms with Gasteiger partial charge in [0.2, 0.25) is 11.8 Å². The van der Waals surface area contributed by atoms with Crippen molar-refractivity contribution in [2.24, 2.45) is 11.3 Å². The van der Waals surface area contributed by atoms with Crippen LogP contribution in [0, 0.1) is 22.7 Å². The lowest BCUT2D eigenvalue weighted by molar-refractivity contribution is -0.126. The number of nitriles is 1. The number of nitrogens with one attached hydrogen (secondary N) is 3. The summed E-state index contributed by atoms with van der Waals surface area (Å²) < 4.78 is 5.42. The summed E-state index contributed by atoms with van der Waals surface area (Å²) in [6.45, 7) is 1.12. The second kappa shape index (κ2) is 8.67. The Labute approximate surface area is 197 Å². The van der Waals surface area contributed by atoms with Crippen LogP contribution < -0.4 is 15.4 Å². The molecule has 3 amide bonds. The van der Waals surface area contributed by atoms with Crippen molar-refractivity contribution in [2.75, 3.05) is 20.2 Å². The van der Waals surface area contributed by atoms with Crippen molar-refractivity contribution in [2.45, 2.75) is 50.6 Å². The number of aromatic nitrogens is 1. The minimum Gasteiger partial charge on any atom is -0.496 e. The largest absolute Gasteiger partial charge is 0.496 e. The van der Waals surface area contributed by atoms with Crippen molar-refractivity contribution in [3.8, 4) is 11.8 Å². The Morgan fingerprint density at radius 3 is 2.85 bits per heavy atom. The predicted octanol–water partition coefficient (Wildman–Crippen LogP) is 2.10. The lowest BCUT2D eigenvalue weighted by Crippen LogP contribution is -2.49. The molecule has 3 N–H and O–H groups in total. The van der Waals surface area contributed by atoms with Gasteiger partial charge >= 0.3 is 0 Å². The Kier molecular flexibility index (Phi) is 5.68. The van der Waals surface area contributed by atoms with Gasteiger partial charge in [-0.05, 0) is 55.7 Å². The first-order valence-corrected chi connectivity index (χ1v) is 11.9. The summed E-state index contributed by atoms with van der Waals surface area (Å²) in [5, 5.41) is 16.0. The zero-order chi connectivity index (χ0) is 23.9. The number of likely N-dealkylation sites (tertiary alicyclic amines) is 1. The number of H-pyrrole nitrogens is 1. The number of carbonyl (C=O) groups excluding carboxylic acids is 3. The van der Waals surface area contributed by atoms with Crippen LogP contribution in [0.4, 0.5) is 0 Å². The fraction of sp³-hybridized carbons (Fsp3) is 0.520. The molecule has 1 saturated carbocycles. The third-order valence-corrected chi connectivity index (χ3v) is 7.72. The summed E-state index contributed by atoms with van der Waals surface area (Å²) in [7, 11) is 1.59. The molecule has 1 spiro atoms. The molecule has 2 aliphatic heterocycles. The molecule has 3 heterocycles. The van der Waals surface area contributed by atoms with Gasteiger partial charge in [0.05, 0.1) is 13.2 Å². The Hall–Kier alpha value is -3.54. The third-order valence-electron chi connectivity index (χ3n) is 7.72. The molecular formula is C25H29N5O4. The van der Waals surface area contributed by atoms with Gasteiger partial charge in [-0.25, -0.2) is 0 Å². The fourth-order valence-electron chi connectivity index (χ4n) is 5.68. The quantitative estimate of drug-likeness (QED) is 0.605. The molecule has 9 heteroatoms. The van der Waals surface area contributed by atoms with E-state index in [1.807, 2.05) is 18.2 Å². The lowest BCUT2D eigenvalue weighted by Gasteiger charge is -2.37. The minimum atomic E-state index is -0.770. The molecule has 1 aromatic carbocycles. The van der Waals surface area contributed by atoms with E-state index in [4.69, 9.17) is 4.74 Å². The van der Waals surface area contributed by atoms with Gasteiger partial charge in [-0.3, -0.25) is 14.4 Å². The molecule has 1 aliphatic carbocycles. The topological polar surface area (TPSA) is 127 Å². The Bertz CT molecular complexity index is 1180. The number of hydrogen-bond acceptors (Lipinski definition) is 5. The van der Waals surface area contributed by atoms with Crippen LogP contribution in [0.3, 0.4) is 0 Å². The van der Waals surface area contributed by atoms with E-state index in [1.54, 1.807) is 18.1 Å². The number of benzene rings is 1. The van der Waals surface area contributed by atoms with Crippen LogP contribution in [0.2, 0.25) is 0 Å². The van der Waals surface area contributed by atoms with Gasteiger partial charge < -0.3 is 25.3 Å². The molecule has 34 heavy (non-hydrogen) atoms. The van der Waals surface area contributed by atoms with Crippen molar-refractivity contribution >= 4 is 28.6 Å². The summed E-state index contributed by atoms with van der Waals surface area (Å²) in [6.07, 6.45) is 4.61. The van der Waals surface area contributed by atoms with E-state index in [9.17, 15) is 19.6 Å². The molecule has 1 aromatic heterocycles. The summed E-state index contributed by atoms with van der Waals surface area (Å²) in [5.41, 5.74) is 1.17. The first-order valence-electron chi connectivity index (χ1n) is 11.9. The van der Waals surface area contributed by atoms with Crippen LogP contribution in [-0.4, -0.2) is 59.9 Å². The highest BCUT2D eigenvalue weighted by Gasteiger charge is 2.52. The van der Waals surface area contributed by atoms with E-state index in [0.29, 0.717) is 37.4 Å². The lowest BCUT2D eigenvalue weighted by atomic mass is 9.67. The van der Waals surface area contributed by atoms with Crippen LogP contribution in [-0.2, 0) is 9.59 Å². The summed E-state index contributed by atoms with van der Waals surface area (Å²) >= 11 is 0.